The second-order valence-electron chi connectivity index (χ2n) is 5.06. The number of ether oxygens (including phenoxy) is 1. The summed E-state index contributed by atoms with van der Waals surface area (Å²) in [5.74, 6) is 0.508. The molecule has 0 saturated heterocycles. The minimum Gasteiger partial charge on any atom is -0.473 e. The van der Waals surface area contributed by atoms with Crippen LogP contribution in [0.25, 0.3) is 0 Å². The smallest absolute Gasteiger partial charge is 0.238 e. The summed E-state index contributed by atoms with van der Waals surface area (Å²) >= 11 is 1.61. The van der Waals surface area contributed by atoms with Gasteiger partial charge in [0.2, 0.25) is 5.88 Å². The summed E-state index contributed by atoms with van der Waals surface area (Å²) in [6.45, 7) is 8.15. The number of nitrogen functional groups attached to an aromatic ring is 1. The maximum Gasteiger partial charge on any atom is 0.238 e. The Bertz CT molecular complexity index is 611. The third-order valence-electron chi connectivity index (χ3n) is 2.91. The first-order valence-electron chi connectivity index (χ1n) is 6.64. The van der Waals surface area contributed by atoms with Crippen LogP contribution in [0.15, 0.2) is 40.3 Å². The SMILES string of the molecule is Cc1ccc(Sc2ccc(N)c(OC(C)C)n2)cc1C. The van der Waals surface area contributed by atoms with Gasteiger partial charge in [-0.25, -0.2) is 4.98 Å². The van der Waals surface area contributed by atoms with Crippen LogP contribution < -0.4 is 10.5 Å². The highest BCUT2D eigenvalue weighted by atomic mass is 32.2. The summed E-state index contributed by atoms with van der Waals surface area (Å²) < 4.78 is 5.62. The molecule has 0 fully saturated rings. The van der Waals surface area contributed by atoms with E-state index in [4.69, 9.17) is 10.5 Å². The first-order chi connectivity index (χ1) is 9.45. The predicted octanol–water partition coefficient (Wildman–Crippen LogP) is 4.22. The molecule has 0 bridgehead atoms. The normalized spacial score (nSPS) is 10.8. The van der Waals surface area contributed by atoms with Gasteiger partial charge in [-0.2, -0.15) is 0 Å². The van der Waals surface area contributed by atoms with E-state index in [1.54, 1.807) is 11.8 Å². The lowest BCUT2D eigenvalue weighted by Gasteiger charge is -2.12. The summed E-state index contributed by atoms with van der Waals surface area (Å²) in [4.78, 5) is 5.64. The van der Waals surface area contributed by atoms with Gasteiger partial charge in [-0.1, -0.05) is 17.8 Å². The lowest BCUT2D eigenvalue weighted by molar-refractivity contribution is 0.232. The van der Waals surface area contributed by atoms with Crippen molar-refractivity contribution < 1.29 is 4.74 Å². The van der Waals surface area contributed by atoms with Crippen LogP contribution in [0.5, 0.6) is 5.88 Å². The fraction of sp³-hybridized carbons (Fsp3) is 0.312. The Balaban J connectivity index is 2.22. The first-order valence-corrected chi connectivity index (χ1v) is 7.45. The largest absolute Gasteiger partial charge is 0.473 e. The zero-order chi connectivity index (χ0) is 14.7. The minimum atomic E-state index is 0.0617. The number of nitrogens with two attached hydrogens (primary N) is 1. The minimum absolute atomic E-state index is 0.0617. The molecule has 2 rings (SSSR count). The van der Waals surface area contributed by atoms with Gasteiger partial charge < -0.3 is 10.5 Å². The van der Waals surface area contributed by atoms with Gasteiger partial charge in [-0.15, -0.1) is 0 Å². The first kappa shape index (κ1) is 14.7. The molecule has 0 atom stereocenters. The van der Waals surface area contributed by atoms with Crippen LogP contribution in [0.2, 0.25) is 0 Å². The van der Waals surface area contributed by atoms with Crippen LogP contribution in [-0.4, -0.2) is 11.1 Å². The molecule has 0 aliphatic heterocycles. The molecule has 0 radical (unpaired) electrons. The molecule has 2 aromatic rings. The Morgan fingerprint density at radius 2 is 1.85 bits per heavy atom. The second kappa shape index (κ2) is 6.18. The topological polar surface area (TPSA) is 48.1 Å². The summed E-state index contributed by atoms with van der Waals surface area (Å²) in [5, 5.41) is 0.887. The van der Waals surface area contributed by atoms with Crippen molar-refractivity contribution in [2.24, 2.45) is 0 Å². The van der Waals surface area contributed by atoms with E-state index in [1.807, 2.05) is 26.0 Å². The lowest BCUT2D eigenvalue weighted by Crippen LogP contribution is -2.09. The molecule has 20 heavy (non-hydrogen) atoms. The van der Waals surface area contributed by atoms with Crippen molar-refractivity contribution in [1.29, 1.82) is 0 Å². The number of anilines is 1. The van der Waals surface area contributed by atoms with E-state index >= 15 is 0 Å². The van der Waals surface area contributed by atoms with E-state index in [2.05, 4.69) is 37.0 Å². The molecule has 0 unspecified atom stereocenters. The van der Waals surface area contributed by atoms with Gasteiger partial charge >= 0.3 is 0 Å². The van der Waals surface area contributed by atoms with Crippen LogP contribution in [0.3, 0.4) is 0 Å². The summed E-state index contributed by atoms with van der Waals surface area (Å²) in [6.07, 6.45) is 0.0617. The highest BCUT2D eigenvalue weighted by Crippen LogP contribution is 2.31. The molecular formula is C16H20N2OS. The van der Waals surface area contributed by atoms with Crippen molar-refractivity contribution in [1.82, 2.24) is 4.98 Å². The van der Waals surface area contributed by atoms with Gasteiger partial charge in [0.25, 0.3) is 0 Å². The Kier molecular flexibility index (Phi) is 4.55. The molecule has 2 N–H and O–H groups in total. The third kappa shape index (κ3) is 3.67. The third-order valence-corrected chi connectivity index (χ3v) is 3.84. The molecule has 1 aromatic heterocycles. The van der Waals surface area contributed by atoms with Crippen LogP contribution in [0.1, 0.15) is 25.0 Å². The molecule has 1 aromatic carbocycles. The predicted molar refractivity (Wildman–Crippen MR) is 84.5 cm³/mol. The van der Waals surface area contributed by atoms with Gasteiger partial charge in [0.15, 0.2) is 0 Å². The molecule has 106 valence electrons. The fourth-order valence-electron chi connectivity index (χ4n) is 1.71. The Hall–Kier alpha value is -1.68. The van der Waals surface area contributed by atoms with Gasteiger partial charge in [0, 0.05) is 4.90 Å². The summed E-state index contributed by atoms with van der Waals surface area (Å²) in [6, 6.07) is 10.2. The van der Waals surface area contributed by atoms with Gasteiger partial charge in [-0.05, 0) is 63.1 Å². The van der Waals surface area contributed by atoms with Crippen molar-refractivity contribution in [3.05, 3.63) is 41.5 Å². The number of pyridine rings is 1. The highest BCUT2D eigenvalue weighted by molar-refractivity contribution is 7.99. The van der Waals surface area contributed by atoms with Crippen molar-refractivity contribution in [3.63, 3.8) is 0 Å². The van der Waals surface area contributed by atoms with Gasteiger partial charge in [-0.3, -0.25) is 0 Å². The van der Waals surface area contributed by atoms with Crippen LogP contribution in [0.4, 0.5) is 5.69 Å². The number of aromatic nitrogens is 1. The van der Waals surface area contributed by atoms with E-state index in [0.717, 1.165) is 5.03 Å². The number of hydrogen-bond acceptors (Lipinski definition) is 4. The van der Waals surface area contributed by atoms with Crippen LogP contribution >= 0.6 is 11.8 Å². The zero-order valence-electron chi connectivity index (χ0n) is 12.3. The number of rotatable bonds is 4. The van der Waals surface area contributed by atoms with Crippen molar-refractivity contribution in [2.75, 3.05) is 5.73 Å². The standard InChI is InChI=1S/C16H20N2OS/c1-10(2)19-16-14(17)7-8-15(18-16)20-13-6-5-11(3)12(4)9-13/h5-10H,17H2,1-4H3. The molecule has 0 aliphatic carbocycles. The second-order valence-corrected chi connectivity index (χ2v) is 6.15. The maximum absolute atomic E-state index is 5.88. The van der Waals surface area contributed by atoms with Crippen LogP contribution in [-0.2, 0) is 0 Å². The maximum atomic E-state index is 5.88. The fourth-order valence-corrected chi connectivity index (χ4v) is 2.58. The molecule has 4 heteroatoms. The molecule has 0 amide bonds. The molecule has 0 saturated carbocycles. The average molecular weight is 288 g/mol. The Morgan fingerprint density at radius 3 is 2.50 bits per heavy atom. The number of hydrogen-bond donors (Lipinski definition) is 1. The van der Waals surface area contributed by atoms with Crippen molar-refractivity contribution in [3.8, 4) is 5.88 Å². The highest BCUT2D eigenvalue weighted by Gasteiger charge is 2.08. The average Bonchev–Trinajstić information content (AvgIpc) is 2.37. The molecule has 0 spiro atoms. The number of benzene rings is 1. The summed E-state index contributed by atoms with van der Waals surface area (Å²) in [7, 11) is 0. The quantitative estimate of drug-likeness (QED) is 0.915. The van der Waals surface area contributed by atoms with E-state index in [9.17, 15) is 0 Å². The molecule has 3 nitrogen and oxygen atoms in total. The zero-order valence-corrected chi connectivity index (χ0v) is 13.1. The Labute approximate surface area is 124 Å². The van der Waals surface area contributed by atoms with Crippen molar-refractivity contribution >= 4 is 17.4 Å². The van der Waals surface area contributed by atoms with E-state index in [-0.39, 0.29) is 6.10 Å². The van der Waals surface area contributed by atoms with E-state index in [1.165, 1.54) is 16.0 Å². The van der Waals surface area contributed by atoms with E-state index in [0.29, 0.717) is 11.6 Å². The lowest BCUT2D eigenvalue weighted by atomic mass is 10.1. The van der Waals surface area contributed by atoms with Crippen molar-refractivity contribution in [2.45, 2.75) is 43.7 Å². The van der Waals surface area contributed by atoms with E-state index < -0.39 is 0 Å². The van der Waals surface area contributed by atoms with Crippen LogP contribution in [0, 0.1) is 13.8 Å². The number of nitrogens with zero attached hydrogens (tertiary/aromatic N) is 1. The summed E-state index contributed by atoms with van der Waals surface area (Å²) in [5.41, 5.74) is 9.03. The monoisotopic (exact) mass is 288 g/mol. The van der Waals surface area contributed by atoms with Gasteiger partial charge in [0.1, 0.15) is 5.03 Å². The molecule has 1 heterocycles. The Morgan fingerprint density at radius 1 is 1.10 bits per heavy atom. The number of aryl methyl sites for hydroxylation is 2. The van der Waals surface area contributed by atoms with Gasteiger partial charge in [0.05, 0.1) is 11.8 Å². The molecule has 0 aliphatic rings. The molecular weight excluding hydrogens is 268 g/mol.